The summed E-state index contributed by atoms with van der Waals surface area (Å²) in [6, 6.07) is 7.05. The minimum atomic E-state index is -1.05. The maximum Gasteiger partial charge on any atom is 0.332 e. The van der Waals surface area contributed by atoms with Gasteiger partial charge in [-0.2, -0.15) is 0 Å². The highest BCUT2D eigenvalue weighted by Gasteiger charge is 2.15. The molecule has 0 bridgehead atoms. The number of carbonyl (C=O) groups is 1. The van der Waals surface area contributed by atoms with Crippen molar-refractivity contribution in [1.82, 2.24) is 10.2 Å². The molecule has 0 saturated heterocycles. The molecule has 100 valence electrons. The second kappa shape index (κ2) is 5.81. The van der Waals surface area contributed by atoms with Gasteiger partial charge < -0.3 is 14.3 Å². The zero-order valence-electron chi connectivity index (χ0n) is 10.0. The van der Waals surface area contributed by atoms with Gasteiger partial charge in [-0.15, -0.1) is 10.2 Å². The topological polar surface area (TPSA) is 85.5 Å². The van der Waals surface area contributed by atoms with E-state index < -0.39 is 12.1 Å². The van der Waals surface area contributed by atoms with Gasteiger partial charge in [-0.05, 0) is 19.1 Å². The van der Waals surface area contributed by atoms with Crippen molar-refractivity contribution in [1.29, 1.82) is 0 Å². The van der Waals surface area contributed by atoms with Gasteiger partial charge in [0.15, 0.2) is 6.10 Å². The maximum absolute atomic E-state index is 10.6. The third-order valence-electron chi connectivity index (χ3n) is 2.38. The average Bonchev–Trinajstić information content (AvgIpc) is 2.85. The molecule has 7 heteroatoms. The molecule has 1 atom stereocenters. The molecule has 0 amide bonds. The van der Waals surface area contributed by atoms with E-state index in [-0.39, 0.29) is 18.4 Å². The third kappa shape index (κ3) is 3.30. The number of halogens is 1. The highest BCUT2D eigenvalue weighted by molar-refractivity contribution is 6.33. The first-order valence-electron chi connectivity index (χ1n) is 5.49. The molecule has 0 aliphatic carbocycles. The van der Waals surface area contributed by atoms with Crippen LogP contribution in [0.4, 0.5) is 0 Å². The Morgan fingerprint density at radius 1 is 1.47 bits per heavy atom. The van der Waals surface area contributed by atoms with Gasteiger partial charge in [0.1, 0.15) is 6.61 Å². The number of hydrogen-bond donors (Lipinski definition) is 1. The number of benzene rings is 1. The number of nitrogens with zero attached hydrogens (tertiary/aromatic N) is 2. The Hall–Kier alpha value is -1.92. The largest absolute Gasteiger partial charge is 0.479 e. The fourth-order valence-corrected chi connectivity index (χ4v) is 1.54. The molecule has 0 spiro atoms. The quantitative estimate of drug-likeness (QED) is 0.906. The van der Waals surface area contributed by atoms with Crippen LogP contribution in [0, 0.1) is 0 Å². The first kappa shape index (κ1) is 13.5. The zero-order chi connectivity index (χ0) is 13.8. The molecule has 1 aromatic heterocycles. The van der Waals surface area contributed by atoms with E-state index >= 15 is 0 Å². The Balaban J connectivity index is 2.08. The highest BCUT2D eigenvalue weighted by atomic mass is 35.5. The van der Waals surface area contributed by atoms with Crippen LogP contribution in [0.25, 0.3) is 11.5 Å². The van der Waals surface area contributed by atoms with Crippen LogP contribution in [0.2, 0.25) is 5.02 Å². The second-order valence-corrected chi connectivity index (χ2v) is 4.18. The minimum absolute atomic E-state index is 0.0646. The molecule has 1 N–H and O–H groups in total. The van der Waals surface area contributed by atoms with Crippen LogP contribution in [0.3, 0.4) is 0 Å². The molecule has 0 saturated carbocycles. The van der Waals surface area contributed by atoms with Gasteiger partial charge in [0.05, 0.1) is 10.6 Å². The van der Waals surface area contributed by atoms with E-state index in [0.717, 1.165) is 0 Å². The van der Waals surface area contributed by atoms with Crippen molar-refractivity contribution < 1.29 is 19.1 Å². The predicted octanol–water partition coefficient (Wildman–Crippen LogP) is 2.38. The van der Waals surface area contributed by atoms with Crippen LogP contribution < -0.4 is 0 Å². The number of ether oxygens (including phenoxy) is 1. The van der Waals surface area contributed by atoms with E-state index in [1.807, 2.05) is 0 Å². The van der Waals surface area contributed by atoms with Gasteiger partial charge in [-0.3, -0.25) is 0 Å². The number of carboxylic acid groups (broad SMARTS) is 1. The van der Waals surface area contributed by atoms with Crippen molar-refractivity contribution in [2.24, 2.45) is 0 Å². The van der Waals surface area contributed by atoms with Crippen LogP contribution in [-0.4, -0.2) is 27.4 Å². The van der Waals surface area contributed by atoms with E-state index in [1.54, 1.807) is 24.3 Å². The summed E-state index contributed by atoms with van der Waals surface area (Å²) in [5.41, 5.74) is 0.620. The standard InChI is InChI=1S/C12H11ClN2O4/c1-7(12(16)17)18-6-10-14-15-11(19-10)8-4-2-3-5-9(8)13/h2-5,7H,6H2,1H3,(H,16,17). The van der Waals surface area contributed by atoms with Gasteiger partial charge in [0.25, 0.3) is 0 Å². The summed E-state index contributed by atoms with van der Waals surface area (Å²) in [6.07, 6.45) is -0.935. The van der Waals surface area contributed by atoms with E-state index in [9.17, 15) is 4.79 Å². The molecule has 2 aromatic rings. The van der Waals surface area contributed by atoms with Crippen LogP contribution in [0.5, 0.6) is 0 Å². The average molecular weight is 283 g/mol. The lowest BCUT2D eigenvalue weighted by molar-refractivity contribution is -0.150. The smallest absolute Gasteiger partial charge is 0.332 e. The highest BCUT2D eigenvalue weighted by Crippen LogP contribution is 2.26. The summed E-state index contributed by atoms with van der Waals surface area (Å²) in [5, 5.41) is 16.8. The Bertz CT molecular complexity index is 585. The van der Waals surface area contributed by atoms with Crippen molar-refractivity contribution in [2.45, 2.75) is 19.6 Å². The Kier molecular flexibility index (Phi) is 4.13. The summed E-state index contributed by atoms with van der Waals surface area (Å²) in [7, 11) is 0. The Morgan fingerprint density at radius 2 is 2.21 bits per heavy atom. The van der Waals surface area contributed by atoms with Crippen LogP contribution in [0.15, 0.2) is 28.7 Å². The molecule has 0 fully saturated rings. The summed E-state index contributed by atoms with van der Waals surface area (Å²) in [5.74, 6) is -0.582. The van der Waals surface area contributed by atoms with E-state index in [2.05, 4.69) is 10.2 Å². The van der Waals surface area contributed by atoms with Crippen LogP contribution in [-0.2, 0) is 16.1 Å². The molecule has 19 heavy (non-hydrogen) atoms. The molecule has 2 rings (SSSR count). The number of aromatic nitrogens is 2. The zero-order valence-corrected chi connectivity index (χ0v) is 10.8. The number of carboxylic acids is 1. The van der Waals surface area contributed by atoms with E-state index in [4.69, 9.17) is 25.9 Å². The fourth-order valence-electron chi connectivity index (χ4n) is 1.32. The van der Waals surface area contributed by atoms with Crippen molar-refractivity contribution in [2.75, 3.05) is 0 Å². The molecular weight excluding hydrogens is 272 g/mol. The van der Waals surface area contributed by atoms with Gasteiger partial charge in [0, 0.05) is 0 Å². The van der Waals surface area contributed by atoms with Crippen molar-refractivity contribution >= 4 is 17.6 Å². The lowest BCUT2D eigenvalue weighted by Gasteiger charge is -2.04. The summed E-state index contributed by atoms with van der Waals surface area (Å²) < 4.78 is 10.4. The molecule has 1 unspecified atom stereocenters. The van der Waals surface area contributed by atoms with Crippen LogP contribution in [0.1, 0.15) is 12.8 Å². The van der Waals surface area contributed by atoms with Crippen molar-refractivity contribution in [3.63, 3.8) is 0 Å². The predicted molar refractivity (Wildman–Crippen MR) is 66.6 cm³/mol. The molecule has 0 aliphatic heterocycles. The lowest BCUT2D eigenvalue weighted by Crippen LogP contribution is -2.19. The minimum Gasteiger partial charge on any atom is -0.479 e. The first-order chi connectivity index (χ1) is 9.08. The van der Waals surface area contributed by atoms with Gasteiger partial charge >= 0.3 is 5.97 Å². The fraction of sp³-hybridized carbons (Fsp3) is 0.250. The Labute approximate surface area is 114 Å². The molecule has 0 radical (unpaired) electrons. The summed E-state index contributed by atoms with van der Waals surface area (Å²) in [6.45, 7) is 1.36. The molecule has 1 heterocycles. The van der Waals surface area contributed by atoms with Crippen LogP contribution >= 0.6 is 11.6 Å². The van der Waals surface area contributed by atoms with Crippen molar-refractivity contribution in [3.8, 4) is 11.5 Å². The van der Waals surface area contributed by atoms with Gasteiger partial charge in [-0.25, -0.2) is 4.79 Å². The maximum atomic E-state index is 10.6. The van der Waals surface area contributed by atoms with Gasteiger partial charge in [-0.1, -0.05) is 23.7 Å². The monoisotopic (exact) mass is 282 g/mol. The first-order valence-corrected chi connectivity index (χ1v) is 5.87. The lowest BCUT2D eigenvalue weighted by atomic mass is 10.2. The second-order valence-electron chi connectivity index (χ2n) is 3.77. The number of hydrogen-bond acceptors (Lipinski definition) is 5. The number of rotatable bonds is 5. The SMILES string of the molecule is CC(OCc1nnc(-c2ccccc2Cl)o1)C(=O)O. The normalized spacial score (nSPS) is 12.3. The van der Waals surface area contributed by atoms with Gasteiger partial charge in [0.2, 0.25) is 11.8 Å². The third-order valence-corrected chi connectivity index (χ3v) is 2.71. The summed E-state index contributed by atoms with van der Waals surface area (Å²) in [4.78, 5) is 10.6. The van der Waals surface area contributed by atoms with Crippen molar-refractivity contribution in [3.05, 3.63) is 35.2 Å². The molecule has 6 nitrogen and oxygen atoms in total. The molecule has 1 aromatic carbocycles. The van der Waals surface area contributed by atoms with E-state index in [1.165, 1.54) is 6.92 Å². The number of aliphatic carboxylic acids is 1. The summed E-state index contributed by atoms with van der Waals surface area (Å²) >= 11 is 6.00. The Morgan fingerprint density at radius 3 is 2.89 bits per heavy atom. The molecular formula is C12H11ClN2O4. The van der Waals surface area contributed by atoms with E-state index in [0.29, 0.717) is 10.6 Å². The molecule has 0 aliphatic rings.